The van der Waals surface area contributed by atoms with E-state index in [1.807, 2.05) is 30.3 Å². The molecule has 1 aliphatic rings. The molecule has 5 heteroatoms. The standard InChI is InChI=1S/C16H19N3O2/c20-10-12-7-4-8-13(12)17-16(21)15-9-14(18-19-15)11-5-2-1-3-6-11/h1-3,5-6,9,12-13,20H,4,7-8,10H2,(H,17,21)(H,18,19). The third-order valence-electron chi connectivity index (χ3n) is 4.10. The summed E-state index contributed by atoms with van der Waals surface area (Å²) in [6, 6.07) is 11.5. The third-order valence-corrected chi connectivity index (χ3v) is 4.10. The summed E-state index contributed by atoms with van der Waals surface area (Å²) in [5.74, 6) is 0.0143. The Morgan fingerprint density at radius 1 is 1.33 bits per heavy atom. The van der Waals surface area contributed by atoms with E-state index >= 15 is 0 Å². The molecule has 3 rings (SSSR count). The smallest absolute Gasteiger partial charge is 0.269 e. The summed E-state index contributed by atoms with van der Waals surface area (Å²) in [6.07, 6.45) is 2.95. The number of aromatic amines is 1. The lowest BCUT2D eigenvalue weighted by Gasteiger charge is -2.18. The molecule has 1 fully saturated rings. The molecule has 1 amide bonds. The predicted octanol–water partition coefficient (Wildman–Crippen LogP) is 1.97. The molecule has 0 saturated heterocycles. The number of nitrogens with zero attached hydrogens (tertiary/aromatic N) is 1. The lowest BCUT2D eigenvalue weighted by atomic mass is 10.0. The molecular weight excluding hydrogens is 266 g/mol. The number of carbonyl (C=O) groups is 1. The van der Waals surface area contributed by atoms with Crippen molar-refractivity contribution in [1.82, 2.24) is 15.5 Å². The highest BCUT2D eigenvalue weighted by Gasteiger charge is 2.28. The molecule has 1 aliphatic carbocycles. The van der Waals surface area contributed by atoms with Gasteiger partial charge in [-0.1, -0.05) is 36.8 Å². The Morgan fingerprint density at radius 3 is 2.90 bits per heavy atom. The third kappa shape index (κ3) is 2.97. The van der Waals surface area contributed by atoms with Gasteiger partial charge in [0.05, 0.1) is 5.69 Å². The maximum absolute atomic E-state index is 12.2. The van der Waals surface area contributed by atoms with Crippen LogP contribution in [-0.4, -0.2) is 33.9 Å². The van der Waals surface area contributed by atoms with Crippen LogP contribution in [0, 0.1) is 5.92 Å². The summed E-state index contributed by atoms with van der Waals surface area (Å²) < 4.78 is 0. The van der Waals surface area contributed by atoms with Crippen molar-refractivity contribution < 1.29 is 9.90 Å². The maximum Gasteiger partial charge on any atom is 0.269 e. The van der Waals surface area contributed by atoms with Crippen LogP contribution in [0.25, 0.3) is 11.3 Å². The highest BCUT2D eigenvalue weighted by molar-refractivity contribution is 5.93. The van der Waals surface area contributed by atoms with Gasteiger partial charge in [0.2, 0.25) is 0 Å². The number of aromatic nitrogens is 2. The van der Waals surface area contributed by atoms with Gasteiger partial charge in [0.1, 0.15) is 5.69 Å². The molecule has 0 bridgehead atoms. The molecule has 2 aromatic rings. The molecule has 0 spiro atoms. The van der Waals surface area contributed by atoms with Gasteiger partial charge in [-0.05, 0) is 18.9 Å². The molecule has 1 saturated carbocycles. The highest BCUT2D eigenvalue weighted by Crippen LogP contribution is 2.25. The number of rotatable bonds is 4. The first-order chi connectivity index (χ1) is 10.3. The van der Waals surface area contributed by atoms with Gasteiger partial charge in [-0.2, -0.15) is 5.10 Å². The van der Waals surface area contributed by atoms with Gasteiger partial charge >= 0.3 is 0 Å². The van der Waals surface area contributed by atoms with Crippen LogP contribution in [0.4, 0.5) is 0 Å². The highest BCUT2D eigenvalue weighted by atomic mass is 16.3. The van der Waals surface area contributed by atoms with Gasteiger partial charge in [0.15, 0.2) is 0 Å². The largest absolute Gasteiger partial charge is 0.396 e. The second-order valence-corrected chi connectivity index (χ2v) is 5.49. The van der Waals surface area contributed by atoms with E-state index in [1.54, 1.807) is 6.07 Å². The molecule has 110 valence electrons. The van der Waals surface area contributed by atoms with Crippen LogP contribution in [-0.2, 0) is 0 Å². The molecule has 2 unspecified atom stereocenters. The van der Waals surface area contributed by atoms with Crippen LogP contribution in [0.5, 0.6) is 0 Å². The molecule has 21 heavy (non-hydrogen) atoms. The first-order valence-electron chi connectivity index (χ1n) is 7.30. The van der Waals surface area contributed by atoms with Crippen LogP contribution in [0.15, 0.2) is 36.4 Å². The summed E-state index contributed by atoms with van der Waals surface area (Å²) in [7, 11) is 0. The number of H-pyrrole nitrogens is 1. The van der Waals surface area contributed by atoms with E-state index < -0.39 is 0 Å². The fourth-order valence-electron chi connectivity index (χ4n) is 2.89. The second-order valence-electron chi connectivity index (χ2n) is 5.49. The SMILES string of the molecule is O=C(NC1CCCC1CO)c1cc(-c2ccccc2)n[nH]1. The van der Waals surface area contributed by atoms with Crippen molar-refractivity contribution in [3.63, 3.8) is 0 Å². The van der Waals surface area contributed by atoms with Crippen molar-refractivity contribution in [2.45, 2.75) is 25.3 Å². The quantitative estimate of drug-likeness (QED) is 0.803. The van der Waals surface area contributed by atoms with Crippen molar-refractivity contribution >= 4 is 5.91 Å². The van der Waals surface area contributed by atoms with Crippen LogP contribution in [0.2, 0.25) is 0 Å². The van der Waals surface area contributed by atoms with Gasteiger partial charge in [-0.25, -0.2) is 0 Å². The Morgan fingerprint density at radius 2 is 2.14 bits per heavy atom. The van der Waals surface area contributed by atoms with Crippen LogP contribution in [0.3, 0.4) is 0 Å². The summed E-state index contributed by atoms with van der Waals surface area (Å²) in [5.41, 5.74) is 2.19. The number of carbonyl (C=O) groups excluding carboxylic acids is 1. The summed E-state index contributed by atoms with van der Waals surface area (Å²) in [6.45, 7) is 0.128. The molecular formula is C16H19N3O2. The number of aliphatic hydroxyl groups excluding tert-OH is 1. The summed E-state index contributed by atoms with van der Waals surface area (Å²) >= 11 is 0. The Balaban J connectivity index is 1.70. The zero-order valence-electron chi connectivity index (χ0n) is 11.7. The van der Waals surface area contributed by atoms with E-state index in [4.69, 9.17) is 0 Å². The molecule has 2 atom stereocenters. The number of amides is 1. The molecule has 1 aromatic carbocycles. The van der Waals surface area contributed by atoms with E-state index in [-0.39, 0.29) is 24.5 Å². The number of hydrogen-bond donors (Lipinski definition) is 3. The molecule has 0 radical (unpaired) electrons. The Bertz CT molecular complexity index is 609. The minimum atomic E-state index is -0.157. The van der Waals surface area contributed by atoms with Crippen LogP contribution in [0.1, 0.15) is 29.8 Å². The van der Waals surface area contributed by atoms with Gasteiger partial charge in [0.25, 0.3) is 5.91 Å². The van der Waals surface area contributed by atoms with Gasteiger partial charge < -0.3 is 10.4 Å². The number of aliphatic hydroxyl groups is 1. The average Bonchev–Trinajstić information content (AvgIpc) is 3.17. The number of benzene rings is 1. The van der Waals surface area contributed by atoms with E-state index in [1.165, 1.54) is 0 Å². The van der Waals surface area contributed by atoms with Gasteiger partial charge in [-0.3, -0.25) is 9.89 Å². The van der Waals surface area contributed by atoms with Crippen molar-refractivity contribution in [1.29, 1.82) is 0 Å². The minimum Gasteiger partial charge on any atom is -0.396 e. The summed E-state index contributed by atoms with van der Waals surface area (Å²) in [5, 5.41) is 19.3. The topological polar surface area (TPSA) is 78.0 Å². The first kappa shape index (κ1) is 13.8. The first-order valence-corrected chi connectivity index (χ1v) is 7.30. The Labute approximate surface area is 123 Å². The van der Waals surface area contributed by atoms with Crippen molar-refractivity contribution in [2.75, 3.05) is 6.61 Å². The van der Waals surface area contributed by atoms with E-state index in [2.05, 4.69) is 15.5 Å². The lowest BCUT2D eigenvalue weighted by molar-refractivity contribution is 0.0911. The zero-order valence-corrected chi connectivity index (χ0v) is 11.7. The second kappa shape index (κ2) is 6.10. The van der Waals surface area contributed by atoms with Crippen LogP contribution < -0.4 is 5.32 Å². The zero-order chi connectivity index (χ0) is 14.7. The van der Waals surface area contributed by atoms with Gasteiger partial charge in [-0.15, -0.1) is 0 Å². The summed E-state index contributed by atoms with van der Waals surface area (Å²) in [4.78, 5) is 12.2. The molecule has 3 N–H and O–H groups in total. The molecule has 5 nitrogen and oxygen atoms in total. The fourth-order valence-corrected chi connectivity index (χ4v) is 2.89. The molecule has 1 heterocycles. The van der Waals surface area contributed by atoms with Crippen molar-refractivity contribution in [3.05, 3.63) is 42.1 Å². The molecule has 0 aliphatic heterocycles. The number of nitrogens with one attached hydrogen (secondary N) is 2. The monoisotopic (exact) mass is 285 g/mol. The normalized spacial score (nSPS) is 21.4. The lowest BCUT2D eigenvalue weighted by Crippen LogP contribution is -2.38. The van der Waals surface area contributed by atoms with Crippen LogP contribution >= 0.6 is 0 Å². The average molecular weight is 285 g/mol. The van der Waals surface area contributed by atoms with E-state index in [9.17, 15) is 9.90 Å². The van der Waals surface area contributed by atoms with Crippen molar-refractivity contribution in [2.24, 2.45) is 5.92 Å². The fraction of sp³-hybridized carbons (Fsp3) is 0.375. The number of hydrogen-bond acceptors (Lipinski definition) is 3. The van der Waals surface area contributed by atoms with Crippen molar-refractivity contribution in [3.8, 4) is 11.3 Å². The van der Waals surface area contributed by atoms with E-state index in [0.29, 0.717) is 5.69 Å². The minimum absolute atomic E-state index is 0.0611. The van der Waals surface area contributed by atoms with Gasteiger partial charge in [0, 0.05) is 24.1 Å². The maximum atomic E-state index is 12.2. The predicted molar refractivity (Wildman–Crippen MR) is 79.7 cm³/mol. The Kier molecular flexibility index (Phi) is 4.01. The van der Waals surface area contributed by atoms with E-state index in [0.717, 1.165) is 30.5 Å². The Hall–Kier alpha value is -2.14. The molecule has 1 aromatic heterocycles.